The van der Waals surface area contributed by atoms with Crippen molar-refractivity contribution in [2.75, 3.05) is 32.4 Å². The van der Waals surface area contributed by atoms with Crippen LogP contribution in [0.1, 0.15) is 12.2 Å². The maximum absolute atomic E-state index is 11.7. The Bertz CT molecular complexity index is 532. The molecule has 1 N–H and O–H groups in total. The third-order valence-corrected chi connectivity index (χ3v) is 4.21. The predicted octanol–water partition coefficient (Wildman–Crippen LogP) is 0.913. The molecule has 0 aliphatic carbocycles. The molecule has 4 amide bonds. The number of hydrogen-bond acceptors (Lipinski definition) is 5. The zero-order valence-corrected chi connectivity index (χ0v) is 13.2. The van der Waals surface area contributed by atoms with Crippen LogP contribution in [0, 0.1) is 0 Å². The van der Waals surface area contributed by atoms with Crippen LogP contribution >= 0.6 is 11.8 Å². The third kappa shape index (κ3) is 4.52. The van der Waals surface area contributed by atoms with Crippen molar-refractivity contribution in [3.8, 4) is 0 Å². The van der Waals surface area contributed by atoms with Crippen molar-refractivity contribution in [2.24, 2.45) is 0 Å². The van der Waals surface area contributed by atoms with E-state index in [1.807, 2.05) is 12.1 Å². The molecule has 0 spiro atoms. The monoisotopic (exact) mass is 325 g/mol. The smallest absolute Gasteiger partial charge is 0.327 e. The Morgan fingerprint density at radius 2 is 2.27 bits per heavy atom. The fourth-order valence-corrected chi connectivity index (χ4v) is 2.85. The summed E-state index contributed by atoms with van der Waals surface area (Å²) in [5, 5.41) is 2.72. The van der Waals surface area contributed by atoms with Gasteiger partial charge >= 0.3 is 6.03 Å². The van der Waals surface area contributed by atoms with E-state index in [1.165, 1.54) is 11.9 Å². The van der Waals surface area contributed by atoms with Gasteiger partial charge in [-0.1, -0.05) is 0 Å². The number of furan rings is 1. The van der Waals surface area contributed by atoms with Crippen LogP contribution in [0.3, 0.4) is 0 Å². The lowest BCUT2D eigenvalue weighted by Gasteiger charge is -2.13. The summed E-state index contributed by atoms with van der Waals surface area (Å²) in [7, 11) is 1.54. The summed E-state index contributed by atoms with van der Waals surface area (Å²) in [6.07, 6.45) is 2.47. The lowest BCUT2D eigenvalue weighted by molar-refractivity contribution is -0.130. The molecule has 1 aromatic rings. The van der Waals surface area contributed by atoms with Crippen LogP contribution in [0.25, 0.3) is 0 Å². The molecular weight excluding hydrogens is 306 g/mol. The fraction of sp³-hybridized carbons (Fsp3) is 0.500. The van der Waals surface area contributed by atoms with Crippen molar-refractivity contribution in [3.63, 3.8) is 0 Å². The zero-order valence-electron chi connectivity index (χ0n) is 12.4. The van der Waals surface area contributed by atoms with Crippen molar-refractivity contribution < 1.29 is 18.8 Å². The quantitative estimate of drug-likeness (QED) is 0.567. The molecule has 7 nitrogen and oxygen atoms in total. The van der Waals surface area contributed by atoms with Crippen LogP contribution in [-0.2, 0) is 15.3 Å². The molecule has 1 aromatic heterocycles. The molecule has 0 aromatic carbocycles. The molecule has 0 atom stereocenters. The first-order valence-electron chi connectivity index (χ1n) is 7.00. The Kier molecular flexibility index (Phi) is 5.88. The molecule has 8 heteroatoms. The second-order valence-electron chi connectivity index (χ2n) is 4.95. The van der Waals surface area contributed by atoms with Gasteiger partial charge in [0.25, 0.3) is 5.91 Å². The molecule has 2 rings (SSSR count). The third-order valence-electron chi connectivity index (χ3n) is 3.14. The highest BCUT2D eigenvalue weighted by molar-refractivity contribution is 7.98. The first-order valence-corrected chi connectivity index (χ1v) is 8.15. The molecule has 0 saturated carbocycles. The molecule has 1 saturated heterocycles. The van der Waals surface area contributed by atoms with E-state index in [0.29, 0.717) is 6.54 Å². The van der Waals surface area contributed by atoms with Gasteiger partial charge in [-0.25, -0.2) is 4.79 Å². The van der Waals surface area contributed by atoms with Crippen LogP contribution in [-0.4, -0.2) is 60.1 Å². The summed E-state index contributed by atoms with van der Waals surface area (Å²) >= 11 is 1.73. The molecule has 0 bridgehead atoms. The molecule has 0 unspecified atom stereocenters. The summed E-state index contributed by atoms with van der Waals surface area (Å²) < 4.78 is 5.22. The van der Waals surface area contributed by atoms with Crippen LogP contribution in [0.5, 0.6) is 0 Å². The lowest BCUT2D eigenvalue weighted by atomic mass is 10.4. The van der Waals surface area contributed by atoms with Crippen molar-refractivity contribution >= 4 is 29.6 Å². The highest BCUT2D eigenvalue weighted by atomic mass is 32.2. The van der Waals surface area contributed by atoms with E-state index in [-0.39, 0.29) is 24.9 Å². The molecule has 120 valence electrons. The Morgan fingerprint density at radius 1 is 1.45 bits per heavy atom. The van der Waals surface area contributed by atoms with Crippen LogP contribution in [0.15, 0.2) is 22.8 Å². The number of urea groups is 1. The number of nitrogens with zero attached hydrogens (tertiary/aromatic N) is 2. The number of carbonyl (C=O) groups is 3. The van der Waals surface area contributed by atoms with Gasteiger partial charge in [-0.15, -0.1) is 0 Å². The lowest BCUT2D eigenvalue weighted by Crippen LogP contribution is -2.41. The van der Waals surface area contributed by atoms with Gasteiger partial charge in [-0.3, -0.25) is 14.5 Å². The highest BCUT2D eigenvalue weighted by Crippen LogP contribution is 2.12. The number of thioether (sulfide) groups is 1. The van der Waals surface area contributed by atoms with Gasteiger partial charge in [0.1, 0.15) is 18.8 Å². The van der Waals surface area contributed by atoms with E-state index in [0.717, 1.165) is 28.6 Å². The van der Waals surface area contributed by atoms with Crippen LogP contribution in [0.2, 0.25) is 0 Å². The van der Waals surface area contributed by atoms with Crippen molar-refractivity contribution in [3.05, 3.63) is 24.2 Å². The fourth-order valence-electron chi connectivity index (χ4n) is 1.99. The molecule has 2 heterocycles. The molecule has 0 radical (unpaired) electrons. The van der Waals surface area contributed by atoms with E-state index in [4.69, 9.17) is 4.42 Å². The van der Waals surface area contributed by atoms with Crippen molar-refractivity contribution in [2.45, 2.75) is 12.2 Å². The van der Waals surface area contributed by atoms with Gasteiger partial charge in [0.15, 0.2) is 0 Å². The Labute approximate surface area is 133 Å². The van der Waals surface area contributed by atoms with Gasteiger partial charge < -0.3 is 14.6 Å². The van der Waals surface area contributed by atoms with Gasteiger partial charge in [-0.2, -0.15) is 11.8 Å². The topological polar surface area (TPSA) is 82.9 Å². The minimum absolute atomic E-state index is 0.0372. The summed E-state index contributed by atoms with van der Waals surface area (Å²) in [6, 6.07) is 3.36. The average Bonchev–Trinajstić information content (AvgIpc) is 3.07. The number of carbonyl (C=O) groups excluding carboxylic acids is 3. The molecular formula is C14H19N3O4S. The maximum atomic E-state index is 11.7. The first-order chi connectivity index (χ1) is 10.6. The summed E-state index contributed by atoms with van der Waals surface area (Å²) in [4.78, 5) is 37.1. The number of hydrogen-bond donors (Lipinski definition) is 1. The maximum Gasteiger partial charge on any atom is 0.327 e. The molecule has 1 aliphatic rings. The van der Waals surface area contributed by atoms with Gasteiger partial charge in [0.05, 0.1) is 12.0 Å². The summed E-state index contributed by atoms with van der Waals surface area (Å²) in [5.41, 5.74) is 0. The standard InChI is InChI=1S/C14H19N3O4S/c1-16-9-13(19)17(14(16)20)8-12(18)15-5-3-7-22-10-11-4-2-6-21-11/h2,4,6H,3,5,7-10H2,1H3,(H,15,18). The summed E-state index contributed by atoms with van der Waals surface area (Å²) in [6.45, 7) is 0.354. The van der Waals surface area contributed by atoms with E-state index in [9.17, 15) is 14.4 Å². The van der Waals surface area contributed by atoms with E-state index in [2.05, 4.69) is 5.32 Å². The Balaban J connectivity index is 1.56. The molecule has 22 heavy (non-hydrogen) atoms. The van der Waals surface area contributed by atoms with Gasteiger partial charge in [-0.05, 0) is 24.3 Å². The minimum atomic E-state index is -0.422. The van der Waals surface area contributed by atoms with Gasteiger partial charge in [0, 0.05) is 13.6 Å². The number of nitrogens with one attached hydrogen (secondary N) is 1. The predicted molar refractivity (Wildman–Crippen MR) is 82.2 cm³/mol. The Morgan fingerprint density at radius 3 is 2.91 bits per heavy atom. The Hall–Kier alpha value is -1.96. The van der Waals surface area contributed by atoms with E-state index >= 15 is 0 Å². The average molecular weight is 325 g/mol. The van der Waals surface area contributed by atoms with Crippen molar-refractivity contribution in [1.29, 1.82) is 0 Å². The molecule has 1 fully saturated rings. The highest BCUT2D eigenvalue weighted by Gasteiger charge is 2.34. The van der Waals surface area contributed by atoms with Crippen LogP contribution in [0.4, 0.5) is 4.79 Å². The largest absolute Gasteiger partial charge is 0.468 e. The first kappa shape index (κ1) is 16.4. The zero-order chi connectivity index (χ0) is 15.9. The second-order valence-corrected chi connectivity index (χ2v) is 6.06. The second kappa shape index (κ2) is 7.88. The number of imide groups is 1. The number of rotatable bonds is 8. The number of likely N-dealkylation sites (N-methyl/N-ethyl adjacent to an activating group) is 1. The minimum Gasteiger partial charge on any atom is -0.468 e. The molecule has 1 aliphatic heterocycles. The normalized spacial score (nSPS) is 14.8. The van der Waals surface area contributed by atoms with E-state index < -0.39 is 6.03 Å². The number of amides is 4. The summed E-state index contributed by atoms with van der Waals surface area (Å²) in [5.74, 6) is 1.99. The SMILES string of the molecule is CN1CC(=O)N(CC(=O)NCCCSCc2ccco2)C1=O. The van der Waals surface area contributed by atoms with E-state index in [1.54, 1.807) is 18.0 Å². The van der Waals surface area contributed by atoms with Gasteiger partial charge in [0.2, 0.25) is 5.91 Å². The van der Waals surface area contributed by atoms with Crippen molar-refractivity contribution in [1.82, 2.24) is 15.1 Å². The van der Waals surface area contributed by atoms with Crippen LogP contribution < -0.4 is 5.32 Å².